The van der Waals surface area contributed by atoms with Gasteiger partial charge in [0.05, 0.1) is 79.5 Å². The summed E-state index contributed by atoms with van der Waals surface area (Å²) in [6.07, 6.45) is -2.88. The summed E-state index contributed by atoms with van der Waals surface area (Å²) in [5.41, 5.74) is 5.45. The van der Waals surface area contributed by atoms with Crippen molar-refractivity contribution in [3.8, 4) is 16.1 Å². The molecule has 4 N–H and O–H groups in total. The normalized spacial score (nSPS) is 15.5. The van der Waals surface area contributed by atoms with Crippen LogP contribution in [0.1, 0.15) is 67.2 Å². The average Bonchev–Trinajstić information content (AvgIpc) is 4.14. The van der Waals surface area contributed by atoms with E-state index in [1.807, 2.05) is 52.0 Å². The molecule has 7 rings (SSSR count). The molecule has 0 saturated carbocycles. The number of nitrogens with one attached hydrogen (secondary N) is 3. The maximum atomic E-state index is 13.9. The third-order valence-electron chi connectivity index (χ3n) is 12.3. The lowest BCUT2D eigenvalue weighted by atomic mass is 9.85. The molecule has 0 bridgehead atoms. The molecule has 1 aliphatic rings. The molecule has 1 aliphatic heterocycles. The number of aryl methyl sites for hydroxylation is 2. The number of carbonyl (C=O) groups is 4. The standard InChI is InChI=1S/C52H63F3N8O9S/c1-33-45(73-32-58-33)35-10-8-34(9-11-35)29-57-49(67)43-28-39(64)30-62(43)50(68)46(51(2,3)4)59-44(65)7-6-19-69-21-23-71-25-26-72-24-22-70-20-18-56-48(66)36-12-17-42-40(27-36)41-31-61(5)60-47(41)63(42)38-15-13-37(14-16-38)52(53,54)55/h8-17,27,31-32,39,43,46,64H,6-7,18-26,28-30H2,1-5H3,(H,56,66)(H,57,67)(H,59,65)/t39-,43+,46-/m1/s1. The Labute approximate surface area is 425 Å². The molecular formula is C52H63F3N8O9S. The molecule has 17 nitrogen and oxygen atoms in total. The van der Waals surface area contributed by atoms with Gasteiger partial charge in [-0.25, -0.2) is 4.98 Å². The number of hydrogen-bond donors (Lipinski definition) is 4. The Bertz CT molecular complexity index is 2820. The molecule has 0 unspecified atom stereocenters. The summed E-state index contributed by atoms with van der Waals surface area (Å²) in [6, 6.07) is 16.1. The van der Waals surface area contributed by atoms with Crippen molar-refractivity contribution in [2.45, 2.75) is 77.9 Å². The summed E-state index contributed by atoms with van der Waals surface area (Å²) >= 11 is 1.57. The van der Waals surface area contributed by atoms with E-state index in [2.05, 4.69) is 26.0 Å². The number of hydrogen-bond acceptors (Lipinski definition) is 12. The molecule has 6 aromatic rings. The summed E-state index contributed by atoms with van der Waals surface area (Å²) in [6.45, 7) is 10.5. The molecule has 73 heavy (non-hydrogen) atoms. The number of aliphatic hydroxyl groups is 1. The zero-order valence-corrected chi connectivity index (χ0v) is 42.4. The van der Waals surface area contributed by atoms with Crippen molar-refractivity contribution in [2.24, 2.45) is 12.5 Å². The first-order valence-corrected chi connectivity index (χ1v) is 25.1. The number of benzene rings is 3. The molecule has 0 spiro atoms. The van der Waals surface area contributed by atoms with Crippen LogP contribution in [0.4, 0.5) is 13.2 Å². The van der Waals surface area contributed by atoms with Crippen LogP contribution in [-0.2, 0) is 53.1 Å². The highest BCUT2D eigenvalue weighted by Crippen LogP contribution is 2.35. The van der Waals surface area contributed by atoms with Crippen molar-refractivity contribution in [2.75, 3.05) is 65.9 Å². The molecule has 1 saturated heterocycles. The fraction of sp³-hybridized carbons (Fsp3) is 0.462. The number of β-amino-alcohol motifs (C(OH)–C–C–N with tert-alkyl or cyclic N) is 1. The van der Waals surface area contributed by atoms with Crippen molar-refractivity contribution < 1.29 is 56.4 Å². The minimum atomic E-state index is -4.45. The van der Waals surface area contributed by atoms with Gasteiger partial charge in [-0.3, -0.25) is 28.4 Å². The Balaban J connectivity index is 0.723. The Kier molecular flexibility index (Phi) is 18.4. The second kappa shape index (κ2) is 24.7. The van der Waals surface area contributed by atoms with Gasteiger partial charge in [0.1, 0.15) is 12.1 Å². The zero-order valence-electron chi connectivity index (χ0n) is 41.6. The smallest absolute Gasteiger partial charge is 0.391 e. The van der Waals surface area contributed by atoms with E-state index in [0.717, 1.165) is 44.6 Å². The quantitative estimate of drug-likeness (QED) is 0.0493. The van der Waals surface area contributed by atoms with Crippen LogP contribution in [0.2, 0.25) is 0 Å². The van der Waals surface area contributed by atoms with Crippen LogP contribution in [0.15, 0.2) is 78.4 Å². The van der Waals surface area contributed by atoms with E-state index in [1.165, 1.54) is 17.0 Å². The first-order chi connectivity index (χ1) is 34.9. The highest BCUT2D eigenvalue weighted by atomic mass is 32.1. The molecule has 3 aromatic heterocycles. The van der Waals surface area contributed by atoms with E-state index < -0.39 is 41.2 Å². The average molecular weight is 1030 g/mol. The van der Waals surface area contributed by atoms with Crippen LogP contribution in [0, 0.1) is 12.3 Å². The fourth-order valence-corrected chi connectivity index (χ4v) is 9.36. The summed E-state index contributed by atoms with van der Waals surface area (Å²) in [4.78, 5) is 60.2. The Hall–Kier alpha value is -6.23. The SMILES string of the molecule is Cc1ncsc1-c1ccc(CNC(=O)[C@@H]2C[C@@H](O)CN2C(=O)[C@@H](NC(=O)CCCOCCOCCOCCOCCNC(=O)c2ccc3c(c2)c2cn(C)nc2n3-c2ccc(C(F)(F)F)cc2)C(C)(C)C)cc1. The number of aromatic nitrogens is 4. The van der Waals surface area contributed by atoms with E-state index in [-0.39, 0.29) is 56.8 Å². The van der Waals surface area contributed by atoms with Gasteiger partial charge in [0.2, 0.25) is 17.7 Å². The molecule has 4 amide bonds. The van der Waals surface area contributed by atoms with E-state index in [4.69, 9.17) is 18.9 Å². The highest BCUT2D eigenvalue weighted by molar-refractivity contribution is 7.13. The van der Waals surface area contributed by atoms with Crippen LogP contribution < -0.4 is 16.0 Å². The minimum absolute atomic E-state index is 0.0123. The molecule has 21 heteroatoms. The first kappa shape index (κ1) is 54.5. The number of halogens is 3. The number of likely N-dealkylation sites (tertiary alicyclic amines) is 1. The second-order valence-corrected chi connectivity index (χ2v) is 19.8. The van der Waals surface area contributed by atoms with E-state index in [0.29, 0.717) is 75.1 Å². The number of thiazole rings is 1. The summed E-state index contributed by atoms with van der Waals surface area (Å²) in [5, 5.41) is 25.2. The van der Waals surface area contributed by atoms with Gasteiger partial charge in [-0.15, -0.1) is 11.3 Å². The Morgan fingerprint density at radius 3 is 2.14 bits per heavy atom. The first-order valence-electron chi connectivity index (χ1n) is 24.2. The van der Waals surface area contributed by atoms with Gasteiger partial charge in [0.25, 0.3) is 5.91 Å². The Morgan fingerprint density at radius 1 is 0.849 bits per heavy atom. The molecule has 3 atom stereocenters. The molecule has 0 aliphatic carbocycles. The summed E-state index contributed by atoms with van der Waals surface area (Å²) < 4.78 is 65.4. The maximum absolute atomic E-state index is 13.9. The lowest BCUT2D eigenvalue weighted by Gasteiger charge is -2.35. The van der Waals surface area contributed by atoms with Crippen molar-refractivity contribution in [1.29, 1.82) is 0 Å². The lowest BCUT2D eigenvalue weighted by Crippen LogP contribution is -2.57. The van der Waals surface area contributed by atoms with Crippen molar-refractivity contribution in [3.05, 3.63) is 101 Å². The van der Waals surface area contributed by atoms with Crippen molar-refractivity contribution in [1.82, 2.24) is 40.2 Å². The van der Waals surface area contributed by atoms with E-state index in [9.17, 15) is 37.5 Å². The molecule has 392 valence electrons. The molecule has 1 fully saturated rings. The summed E-state index contributed by atoms with van der Waals surface area (Å²) in [7, 11) is 1.75. The topological polar surface area (TPSA) is 200 Å². The number of fused-ring (bicyclic) bond motifs is 3. The predicted octanol–water partition coefficient (Wildman–Crippen LogP) is 6.35. The predicted molar refractivity (Wildman–Crippen MR) is 269 cm³/mol. The number of ether oxygens (including phenoxy) is 4. The highest BCUT2D eigenvalue weighted by Gasteiger charge is 2.44. The largest absolute Gasteiger partial charge is 0.416 e. The maximum Gasteiger partial charge on any atom is 0.416 e. The molecule has 3 aromatic carbocycles. The number of rotatable bonds is 24. The van der Waals surface area contributed by atoms with Gasteiger partial charge in [0, 0.05) is 74.4 Å². The minimum Gasteiger partial charge on any atom is -0.391 e. The number of alkyl halides is 3. The van der Waals surface area contributed by atoms with Crippen LogP contribution in [-0.4, -0.2) is 137 Å². The number of amides is 4. The number of aliphatic hydroxyl groups excluding tert-OH is 1. The fourth-order valence-electron chi connectivity index (χ4n) is 8.54. The monoisotopic (exact) mass is 1030 g/mol. The third kappa shape index (κ3) is 14.3. The zero-order chi connectivity index (χ0) is 52.3. The number of carbonyl (C=O) groups excluding carboxylic acids is 4. The van der Waals surface area contributed by atoms with Crippen molar-refractivity contribution >= 4 is 56.9 Å². The van der Waals surface area contributed by atoms with Gasteiger partial charge in [0.15, 0.2) is 5.65 Å². The van der Waals surface area contributed by atoms with Gasteiger partial charge >= 0.3 is 6.18 Å². The van der Waals surface area contributed by atoms with E-state index >= 15 is 0 Å². The Morgan fingerprint density at radius 2 is 1.51 bits per heavy atom. The van der Waals surface area contributed by atoms with Gasteiger partial charge in [-0.05, 0) is 72.4 Å². The van der Waals surface area contributed by atoms with E-state index in [1.54, 1.807) is 57.5 Å². The number of nitrogens with zero attached hydrogens (tertiary/aromatic N) is 5. The summed E-state index contributed by atoms with van der Waals surface area (Å²) in [5.74, 6) is -1.42. The van der Waals surface area contributed by atoms with Crippen LogP contribution >= 0.6 is 11.3 Å². The van der Waals surface area contributed by atoms with Gasteiger partial charge in [-0.2, -0.15) is 18.3 Å². The van der Waals surface area contributed by atoms with Crippen LogP contribution in [0.25, 0.3) is 38.1 Å². The molecule has 0 radical (unpaired) electrons. The molecular weight excluding hydrogens is 970 g/mol. The van der Waals surface area contributed by atoms with Gasteiger partial charge < -0.3 is 44.9 Å². The molecule has 4 heterocycles. The van der Waals surface area contributed by atoms with Crippen molar-refractivity contribution in [3.63, 3.8) is 0 Å². The van der Waals surface area contributed by atoms with Crippen LogP contribution in [0.5, 0.6) is 0 Å². The van der Waals surface area contributed by atoms with Crippen LogP contribution in [0.3, 0.4) is 0 Å². The lowest BCUT2D eigenvalue weighted by molar-refractivity contribution is -0.144. The van der Waals surface area contributed by atoms with Gasteiger partial charge in [-0.1, -0.05) is 45.0 Å². The second-order valence-electron chi connectivity index (χ2n) is 18.9. The third-order valence-corrected chi connectivity index (χ3v) is 13.3.